The summed E-state index contributed by atoms with van der Waals surface area (Å²) in [6, 6.07) is 1.86. The van der Waals surface area contributed by atoms with Gasteiger partial charge in [0.2, 0.25) is 0 Å². The number of alkyl halides is 1. The second-order valence-corrected chi connectivity index (χ2v) is 4.38. The second-order valence-electron chi connectivity index (χ2n) is 4.38. The van der Waals surface area contributed by atoms with E-state index >= 15 is 0 Å². The van der Waals surface area contributed by atoms with Crippen LogP contribution in [0.3, 0.4) is 0 Å². The molecule has 0 aromatic carbocycles. The van der Waals surface area contributed by atoms with Crippen LogP contribution in [0, 0.1) is 12.3 Å². The van der Waals surface area contributed by atoms with Crippen LogP contribution < -0.4 is 0 Å². The molecule has 1 heterocycles. The average molecular weight is 195 g/mol. The van der Waals surface area contributed by atoms with Crippen LogP contribution in [0.5, 0.6) is 0 Å². The van der Waals surface area contributed by atoms with Crippen molar-refractivity contribution in [3.63, 3.8) is 0 Å². The molecule has 0 radical (unpaired) electrons. The SMILES string of the molecule is Cc1cncc(C(O)C2(C)CC2F)c1. The van der Waals surface area contributed by atoms with Gasteiger partial charge in [-0.3, -0.25) is 4.98 Å². The zero-order valence-electron chi connectivity index (χ0n) is 8.37. The standard InChI is InChI=1S/C11H14FNO/c1-7-3-8(6-13-5-7)10(14)11(2)4-9(11)12/h3,5-6,9-10,14H,4H2,1-2H3. The fourth-order valence-electron chi connectivity index (χ4n) is 1.72. The lowest BCUT2D eigenvalue weighted by molar-refractivity contribution is 0.0870. The van der Waals surface area contributed by atoms with Crippen LogP contribution in [0.25, 0.3) is 0 Å². The topological polar surface area (TPSA) is 33.1 Å². The number of pyridine rings is 1. The molecule has 0 saturated heterocycles. The maximum atomic E-state index is 13.0. The number of rotatable bonds is 2. The van der Waals surface area contributed by atoms with Gasteiger partial charge >= 0.3 is 0 Å². The first-order chi connectivity index (χ1) is 6.54. The van der Waals surface area contributed by atoms with Crippen molar-refractivity contribution in [2.75, 3.05) is 0 Å². The number of aryl methyl sites for hydroxylation is 1. The predicted octanol–water partition coefficient (Wildman–Crippen LogP) is 2.17. The van der Waals surface area contributed by atoms with E-state index < -0.39 is 17.7 Å². The number of hydrogen-bond donors (Lipinski definition) is 1. The van der Waals surface area contributed by atoms with E-state index in [1.807, 2.05) is 13.0 Å². The second kappa shape index (κ2) is 3.02. The summed E-state index contributed by atoms with van der Waals surface area (Å²) in [6.45, 7) is 3.68. The largest absolute Gasteiger partial charge is 0.388 e. The number of hydrogen-bond acceptors (Lipinski definition) is 2. The van der Waals surface area contributed by atoms with Crippen LogP contribution in [0.2, 0.25) is 0 Å². The van der Waals surface area contributed by atoms with Crippen molar-refractivity contribution >= 4 is 0 Å². The summed E-state index contributed by atoms with van der Waals surface area (Å²) < 4.78 is 13.0. The maximum absolute atomic E-state index is 13.0. The van der Waals surface area contributed by atoms with Gasteiger partial charge in [0.25, 0.3) is 0 Å². The zero-order valence-corrected chi connectivity index (χ0v) is 8.37. The van der Waals surface area contributed by atoms with Crippen molar-refractivity contribution in [1.82, 2.24) is 4.98 Å². The van der Waals surface area contributed by atoms with Crippen molar-refractivity contribution in [2.24, 2.45) is 5.41 Å². The Morgan fingerprint density at radius 3 is 2.79 bits per heavy atom. The third-order valence-electron chi connectivity index (χ3n) is 3.01. The molecule has 0 spiro atoms. The Morgan fingerprint density at radius 2 is 2.29 bits per heavy atom. The molecule has 1 saturated carbocycles. The van der Waals surface area contributed by atoms with Gasteiger partial charge in [0.1, 0.15) is 6.17 Å². The van der Waals surface area contributed by atoms with E-state index in [9.17, 15) is 9.50 Å². The van der Waals surface area contributed by atoms with Gasteiger partial charge in [0, 0.05) is 17.8 Å². The van der Waals surface area contributed by atoms with Crippen molar-refractivity contribution < 1.29 is 9.50 Å². The summed E-state index contributed by atoms with van der Waals surface area (Å²) in [7, 11) is 0. The van der Waals surface area contributed by atoms with Gasteiger partial charge in [-0.1, -0.05) is 13.0 Å². The van der Waals surface area contributed by atoms with Crippen LogP contribution in [0.4, 0.5) is 4.39 Å². The molecule has 2 rings (SSSR count). The van der Waals surface area contributed by atoms with E-state index in [2.05, 4.69) is 4.98 Å². The normalized spacial score (nSPS) is 32.7. The van der Waals surface area contributed by atoms with Crippen LogP contribution >= 0.6 is 0 Å². The summed E-state index contributed by atoms with van der Waals surface area (Å²) in [5, 5.41) is 9.93. The molecule has 1 aromatic rings. The van der Waals surface area contributed by atoms with Gasteiger partial charge in [-0.15, -0.1) is 0 Å². The zero-order chi connectivity index (χ0) is 10.3. The molecule has 1 fully saturated rings. The quantitative estimate of drug-likeness (QED) is 0.784. The number of nitrogens with zero attached hydrogens (tertiary/aromatic N) is 1. The smallest absolute Gasteiger partial charge is 0.109 e. The molecule has 0 aliphatic heterocycles. The first kappa shape index (κ1) is 9.59. The van der Waals surface area contributed by atoms with Crippen LogP contribution in [0.15, 0.2) is 18.5 Å². The molecule has 3 atom stereocenters. The maximum Gasteiger partial charge on any atom is 0.109 e. The highest BCUT2D eigenvalue weighted by Gasteiger charge is 2.56. The van der Waals surface area contributed by atoms with Gasteiger partial charge in [0.05, 0.1) is 6.10 Å². The van der Waals surface area contributed by atoms with E-state index in [1.165, 1.54) is 0 Å². The summed E-state index contributed by atoms with van der Waals surface area (Å²) in [5.74, 6) is 0. The number of halogens is 1. The molecular formula is C11H14FNO. The summed E-state index contributed by atoms with van der Waals surface area (Å²) >= 11 is 0. The molecule has 1 aromatic heterocycles. The van der Waals surface area contributed by atoms with E-state index in [-0.39, 0.29) is 0 Å². The Kier molecular flexibility index (Phi) is 2.07. The Bertz CT molecular complexity index is 355. The van der Waals surface area contributed by atoms with Gasteiger partial charge in [-0.25, -0.2) is 4.39 Å². The molecule has 2 nitrogen and oxygen atoms in total. The van der Waals surface area contributed by atoms with Gasteiger partial charge < -0.3 is 5.11 Å². The van der Waals surface area contributed by atoms with E-state index in [1.54, 1.807) is 19.3 Å². The van der Waals surface area contributed by atoms with E-state index in [4.69, 9.17) is 0 Å². The first-order valence-electron chi connectivity index (χ1n) is 4.78. The highest BCUT2D eigenvalue weighted by atomic mass is 19.1. The highest BCUT2D eigenvalue weighted by molar-refractivity contribution is 5.24. The lowest BCUT2D eigenvalue weighted by Gasteiger charge is -2.17. The van der Waals surface area contributed by atoms with Crippen molar-refractivity contribution in [3.05, 3.63) is 29.6 Å². The van der Waals surface area contributed by atoms with E-state index in [0.717, 1.165) is 5.56 Å². The Morgan fingerprint density at radius 1 is 1.64 bits per heavy atom. The summed E-state index contributed by atoms with van der Waals surface area (Å²) in [5.41, 5.74) is 1.11. The molecule has 3 unspecified atom stereocenters. The molecule has 1 N–H and O–H groups in total. The fraction of sp³-hybridized carbons (Fsp3) is 0.545. The molecule has 3 heteroatoms. The minimum absolute atomic E-state index is 0.447. The lowest BCUT2D eigenvalue weighted by Crippen LogP contribution is -2.13. The minimum Gasteiger partial charge on any atom is -0.388 e. The average Bonchev–Trinajstić information content (AvgIpc) is 2.75. The van der Waals surface area contributed by atoms with Crippen LogP contribution in [-0.2, 0) is 0 Å². The monoisotopic (exact) mass is 195 g/mol. The Hall–Kier alpha value is -0.960. The van der Waals surface area contributed by atoms with E-state index in [0.29, 0.717) is 12.0 Å². The molecule has 0 amide bonds. The Balaban J connectivity index is 2.24. The lowest BCUT2D eigenvalue weighted by atomic mass is 9.95. The van der Waals surface area contributed by atoms with Crippen molar-refractivity contribution in [3.8, 4) is 0 Å². The van der Waals surface area contributed by atoms with Gasteiger partial charge in [-0.2, -0.15) is 0 Å². The predicted molar refractivity (Wildman–Crippen MR) is 51.6 cm³/mol. The van der Waals surface area contributed by atoms with Crippen LogP contribution in [-0.4, -0.2) is 16.3 Å². The Labute approximate surface area is 82.8 Å². The molecule has 14 heavy (non-hydrogen) atoms. The molecule has 76 valence electrons. The number of aromatic nitrogens is 1. The van der Waals surface area contributed by atoms with Gasteiger partial charge in [-0.05, 0) is 24.5 Å². The molecule has 1 aliphatic rings. The fourth-order valence-corrected chi connectivity index (χ4v) is 1.72. The van der Waals surface area contributed by atoms with Crippen LogP contribution in [0.1, 0.15) is 30.6 Å². The van der Waals surface area contributed by atoms with Crippen molar-refractivity contribution in [1.29, 1.82) is 0 Å². The van der Waals surface area contributed by atoms with Gasteiger partial charge in [0.15, 0.2) is 0 Å². The molecule has 1 aliphatic carbocycles. The third-order valence-corrected chi connectivity index (χ3v) is 3.01. The third kappa shape index (κ3) is 1.42. The number of aliphatic hydroxyl groups is 1. The summed E-state index contributed by atoms with van der Waals surface area (Å²) in [6.07, 6.45) is 2.16. The minimum atomic E-state index is -0.877. The molecule has 0 bridgehead atoms. The van der Waals surface area contributed by atoms with Crippen molar-refractivity contribution in [2.45, 2.75) is 32.5 Å². The number of aliphatic hydroxyl groups excluding tert-OH is 1. The first-order valence-corrected chi connectivity index (χ1v) is 4.78. The summed E-state index contributed by atoms with van der Waals surface area (Å²) in [4.78, 5) is 3.99. The molecular weight excluding hydrogens is 181 g/mol. The highest BCUT2D eigenvalue weighted by Crippen LogP contribution is 2.56.